The van der Waals surface area contributed by atoms with Gasteiger partial charge < -0.3 is 9.88 Å². The fourth-order valence-corrected chi connectivity index (χ4v) is 3.35. The van der Waals surface area contributed by atoms with Crippen molar-refractivity contribution >= 4 is 10.8 Å². The zero-order valence-corrected chi connectivity index (χ0v) is 12.2. The average Bonchev–Trinajstić information content (AvgIpc) is 2.47. The second kappa shape index (κ2) is 5.41. The molecule has 3 heteroatoms. The minimum absolute atomic E-state index is 0.0489. The van der Waals surface area contributed by atoms with Gasteiger partial charge in [-0.05, 0) is 63.2 Å². The number of pyridine rings is 1. The lowest BCUT2D eigenvalue weighted by Gasteiger charge is -2.32. The first-order chi connectivity index (χ1) is 9.65. The van der Waals surface area contributed by atoms with E-state index < -0.39 is 0 Å². The van der Waals surface area contributed by atoms with Gasteiger partial charge in [-0.1, -0.05) is 18.2 Å². The van der Waals surface area contributed by atoms with Gasteiger partial charge in [0, 0.05) is 17.1 Å². The highest BCUT2D eigenvalue weighted by Crippen LogP contribution is 2.33. The smallest absolute Gasteiger partial charge is 0.256 e. The number of aromatic amines is 1. The van der Waals surface area contributed by atoms with Crippen LogP contribution in [0.2, 0.25) is 0 Å². The number of nitrogens with zero attached hydrogens (tertiary/aromatic N) is 1. The topological polar surface area (TPSA) is 36.1 Å². The van der Waals surface area contributed by atoms with Crippen molar-refractivity contribution in [1.82, 2.24) is 9.88 Å². The highest BCUT2D eigenvalue weighted by Gasteiger charge is 2.24. The van der Waals surface area contributed by atoms with E-state index in [-0.39, 0.29) is 5.56 Å². The van der Waals surface area contributed by atoms with Gasteiger partial charge in [0.1, 0.15) is 0 Å². The number of H-pyrrole nitrogens is 1. The Balaban J connectivity index is 1.87. The van der Waals surface area contributed by atoms with Gasteiger partial charge in [-0.15, -0.1) is 0 Å². The SMILES string of the molecule is CN(C)C1CCC(c2cc3ccccc3c(=O)[nH]2)CC1. The molecule has 1 saturated carbocycles. The first-order valence-corrected chi connectivity index (χ1v) is 7.43. The molecule has 20 heavy (non-hydrogen) atoms. The Morgan fingerprint density at radius 2 is 1.80 bits per heavy atom. The van der Waals surface area contributed by atoms with Crippen LogP contribution in [0.3, 0.4) is 0 Å². The maximum absolute atomic E-state index is 12.2. The van der Waals surface area contributed by atoms with E-state index in [9.17, 15) is 4.79 Å². The summed E-state index contributed by atoms with van der Waals surface area (Å²) < 4.78 is 0. The average molecular weight is 270 g/mol. The molecule has 1 aliphatic carbocycles. The Kier molecular flexibility index (Phi) is 3.62. The second-order valence-corrected chi connectivity index (χ2v) is 6.11. The molecule has 0 radical (unpaired) electrons. The molecule has 1 aromatic carbocycles. The molecular formula is C17H22N2O. The van der Waals surface area contributed by atoms with E-state index in [2.05, 4.69) is 30.0 Å². The first kappa shape index (κ1) is 13.4. The Bertz CT molecular complexity index is 651. The normalized spacial score (nSPS) is 23.4. The summed E-state index contributed by atoms with van der Waals surface area (Å²) in [5.41, 5.74) is 1.17. The lowest BCUT2D eigenvalue weighted by molar-refractivity contribution is 0.215. The molecule has 1 fully saturated rings. The van der Waals surface area contributed by atoms with E-state index in [1.807, 2.05) is 24.3 Å². The lowest BCUT2D eigenvalue weighted by atomic mass is 9.83. The number of nitrogens with one attached hydrogen (secondary N) is 1. The summed E-state index contributed by atoms with van der Waals surface area (Å²) in [6.07, 6.45) is 4.76. The van der Waals surface area contributed by atoms with Crippen LogP contribution in [0.1, 0.15) is 37.3 Å². The summed E-state index contributed by atoms with van der Waals surface area (Å²) in [6.45, 7) is 0. The Labute approximate surface area is 119 Å². The maximum Gasteiger partial charge on any atom is 0.256 e. The molecule has 0 unspecified atom stereocenters. The van der Waals surface area contributed by atoms with Crippen molar-refractivity contribution in [3.63, 3.8) is 0 Å². The van der Waals surface area contributed by atoms with Gasteiger partial charge in [-0.3, -0.25) is 4.79 Å². The zero-order valence-electron chi connectivity index (χ0n) is 12.2. The van der Waals surface area contributed by atoms with Gasteiger partial charge in [0.2, 0.25) is 0 Å². The van der Waals surface area contributed by atoms with Gasteiger partial charge in [0.15, 0.2) is 0 Å². The number of hydrogen-bond donors (Lipinski definition) is 1. The molecule has 0 atom stereocenters. The van der Waals surface area contributed by atoms with E-state index in [1.165, 1.54) is 12.8 Å². The fraction of sp³-hybridized carbons (Fsp3) is 0.471. The van der Waals surface area contributed by atoms with Crippen LogP contribution in [0.15, 0.2) is 35.1 Å². The molecule has 106 valence electrons. The molecule has 3 rings (SSSR count). The number of hydrogen-bond acceptors (Lipinski definition) is 2. The molecular weight excluding hydrogens is 248 g/mol. The van der Waals surface area contributed by atoms with Crippen LogP contribution < -0.4 is 5.56 Å². The Hall–Kier alpha value is -1.61. The molecule has 0 bridgehead atoms. The molecule has 1 heterocycles. The molecule has 0 amide bonds. The van der Waals surface area contributed by atoms with Crippen LogP contribution in [0.4, 0.5) is 0 Å². The second-order valence-electron chi connectivity index (χ2n) is 6.11. The highest BCUT2D eigenvalue weighted by molar-refractivity contribution is 5.81. The monoisotopic (exact) mass is 270 g/mol. The molecule has 1 N–H and O–H groups in total. The summed E-state index contributed by atoms with van der Waals surface area (Å²) >= 11 is 0. The zero-order chi connectivity index (χ0) is 14.1. The highest BCUT2D eigenvalue weighted by atomic mass is 16.1. The Morgan fingerprint density at radius 1 is 1.10 bits per heavy atom. The molecule has 3 nitrogen and oxygen atoms in total. The quantitative estimate of drug-likeness (QED) is 0.910. The number of fused-ring (bicyclic) bond motifs is 1. The molecule has 1 aliphatic rings. The summed E-state index contributed by atoms with van der Waals surface area (Å²) in [6, 6.07) is 10.7. The van der Waals surface area contributed by atoms with Gasteiger partial charge in [0.05, 0.1) is 0 Å². The lowest BCUT2D eigenvalue weighted by Crippen LogP contribution is -2.32. The predicted octanol–water partition coefficient (Wildman–Crippen LogP) is 3.12. The predicted molar refractivity (Wildman–Crippen MR) is 83.3 cm³/mol. The van der Waals surface area contributed by atoms with Crippen molar-refractivity contribution in [2.45, 2.75) is 37.6 Å². The molecule has 2 aromatic rings. The first-order valence-electron chi connectivity index (χ1n) is 7.43. The van der Waals surface area contributed by atoms with E-state index in [4.69, 9.17) is 0 Å². The van der Waals surface area contributed by atoms with E-state index >= 15 is 0 Å². The third kappa shape index (κ3) is 2.50. The van der Waals surface area contributed by atoms with Crippen molar-refractivity contribution in [2.75, 3.05) is 14.1 Å². The largest absolute Gasteiger partial charge is 0.325 e. The summed E-state index contributed by atoms with van der Waals surface area (Å²) in [5, 5.41) is 1.85. The maximum atomic E-state index is 12.2. The standard InChI is InChI=1S/C17H22N2O/c1-19(2)14-9-7-12(8-10-14)16-11-13-5-3-4-6-15(13)17(20)18-16/h3-6,11-12,14H,7-10H2,1-2H3,(H,18,20). The van der Waals surface area contributed by atoms with Gasteiger partial charge >= 0.3 is 0 Å². The number of rotatable bonds is 2. The molecule has 0 spiro atoms. The van der Waals surface area contributed by atoms with Crippen LogP contribution in [0, 0.1) is 0 Å². The minimum Gasteiger partial charge on any atom is -0.325 e. The van der Waals surface area contributed by atoms with Crippen molar-refractivity contribution in [1.29, 1.82) is 0 Å². The third-order valence-electron chi connectivity index (χ3n) is 4.64. The van der Waals surface area contributed by atoms with E-state index in [0.29, 0.717) is 12.0 Å². The van der Waals surface area contributed by atoms with Gasteiger partial charge in [0.25, 0.3) is 5.56 Å². The number of benzene rings is 1. The summed E-state index contributed by atoms with van der Waals surface area (Å²) in [5.74, 6) is 0.503. The fourth-order valence-electron chi connectivity index (χ4n) is 3.35. The number of aromatic nitrogens is 1. The van der Waals surface area contributed by atoms with Crippen LogP contribution in [0.5, 0.6) is 0 Å². The van der Waals surface area contributed by atoms with Crippen molar-refractivity contribution in [3.8, 4) is 0 Å². The van der Waals surface area contributed by atoms with Crippen molar-refractivity contribution in [3.05, 3.63) is 46.4 Å². The van der Waals surface area contributed by atoms with Crippen molar-refractivity contribution in [2.24, 2.45) is 0 Å². The summed E-state index contributed by atoms with van der Waals surface area (Å²) in [7, 11) is 4.31. The molecule has 0 aliphatic heterocycles. The third-order valence-corrected chi connectivity index (χ3v) is 4.64. The van der Waals surface area contributed by atoms with Gasteiger partial charge in [-0.25, -0.2) is 0 Å². The van der Waals surface area contributed by atoms with Crippen molar-refractivity contribution < 1.29 is 0 Å². The van der Waals surface area contributed by atoms with E-state index in [1.54, 1.807) is 0 Å². The van der Waals surface area contributed by atoms with E-state index in [0.717, 1.165) is 29.3 Å². The summed E-state index contributed by atoms with van der Waals surface area (Å²) in [4.78, 5) is 17.6. The van der Waals surface area contributed by atoms with Gasteiger partial charge in [-0.2, -0.15) is 0 Å². The van der Waals surface area contributed by atoms with Crippen LogP contribution in [0.25, 0.3) is 10.8 Å². The van der Waals surface area contributed by atoms with Crippen LogP contribution >= 0.6 is 0 Å². The Morgan fingerprint density at radius 3 is 2.50 bits per heavy atom. The minimum atomic E-state index is 0.0489. The van der Waals surface area contributed by atoms with Crippen LogP contribution in [-0.4, -0.2) is 30.0 Å². The molecule has 0 saturated heterocycles. The van der Waals surface area contributed by atoms with Crippen LogP contribution in [-0.2, 0) is 0 Å². The molecule has 1 aromatic heterocycles.